The SMILES string of the molecule is C[S+](C)(=O)CC(=O)c1ccccc1.[Cl-]. The smallest absolute Gasteiger partial charge is 0.211 e. The first kappa shape index (κ1) is 13.3. The van der Waals surface area contributed by atoms with Gasteiger partial charge in [0.1, 0.15) is 12.5 Å². The van der Waals surface area contributed by atoms with Gasteiger partial charge in [0.2, 0.25) is 5.78 Å². The Balaban J connectivity index is 0.00000169. The van der Waals surface area contributed by atoms with Crippen molar-refractivity contribution in [2.75, 3.05) is 18.3 Å². The Morgan fingerprint density at radius 1 is 1.21 bits per heavy atom. The zero-order valence-electron chi connectivity index (χ0n) is 8.20. The second kappa shape index (κ2) is 5.27. The molecule has 0 N–H and O–H groups in total. The third kappa shape index (κ3) is 4.53. The van der Waals surface area contributed by atoms with Gasteiger partial charge < -0.3 is 12.4 Å². The standard InChI is InChI=1S/C10H13O2S.ClH/c1-13(2,12)8-10(11)9-6-4-3-5-7-9;/h3-7H,8H2,1-2H3;1H/q+1;/p-1. The minimum atomic E-state index is -1.97. The maximum Gasteiger partial charge on any atom is 0.211 e. The molecule has 0 heterocycles. The van der Waals surface area contributed by atoms with E-state index in [0.717, 1.165) is 0 Å². The van der Waals surface area contributed by atoms with Crippen LogP contribution in [0.2, 0.25) is 0 Å². The molecule has 0 saturated carbocycles. The number of rotatable bonds is 3. The van der Waals surface area contributed by atoms with Crippen LogP contribution in [0.1, 0.15) is 10.4 Å². The molecule has 0 fully saturated rings. The van der Waals surface area contributed by atoms with E-state index in [0.29, 0.717) is 5.56 Å². The van der Waals surface area contributed by atoms with Crippen molar-refractivity contribution < 1.29 is 21.4 Å². The lowest BCUT2D eigenvalue weighted by molar-refractivity contribution is -0.0000123. The topological polar surface area (TPSA) is 34.1 Å². The third-order valence-corrected chi connectivity index (χ3v) is 2.53. The predicted molar refractivity (Wildman–Crippen MR) is 55.5 cm³/mol. The van der Waals surface area contributed by atoms with Crippen molar-refractivity contribution in [2.45, 2.75) is 0 Å². The summed E-state index contributed by atoms with van der Waals surface area (Å²) in [5, 5.41) is 0. The lowest BCUT2D eigenvalue weighted by Gasteiger charge is -2.00. The van der Waals surface area contributed by atoms with Crippen LogP contribution in [0, 0.1) is 0 Å². The second-order valence-corrected chi connectivity index (χ2v) is 6.53. The molecule has 0 aliphatic heterocycles. The van der Waals surface area contributed by atoms with Crippen LogP contribution >= 0.6 is 0 Å². The molecule has 0 aliphatic carbocycles. The van der Waals surface area contributed by atoms with Gasteiger partial charge in [0.15, 0.2) is 5.75 Å². The van der Waals surface area contributed by atoms with Crippen LogP contribution in [0.25, 0.3) is 0 Å². The van der Waals surface area contributed by atoms with Gasteiger partial charge in [-0.15, -0.1) is 4.21 Å². The van der Waals surface area contributed by atoms with Gasteiger partial charge in [-0.2, -0.15) is 0 Å². The highest BCUT2D eigenvalue weighted by Gasteiger charge is 2.19. The minimum Gasteiger partial charge on any atom is -1.00 e. The van der Waals surface area contributed by atoms with Gasteiger partial charge in [-0.1, -0.05) is 30.3 Å². The van der Waals surface area contributed by atoms with Gasteiger partial charge in [0, 0.05) is 5.56 Å². The Morgan fingerprint density at radius 2 is 1.71 bits per heavy atom. The molecule has 0 amide bonds. The van der Waals surface area contributed by atoms with E-state index in [1.54, 1.807) is 36.8 Å². The molecule has 0 aliphatic rings. The van der Waals surface area contributed by atoms with E-state index >= 15 is 0 Å². The van der Waals surface area contributed by atoms with Crippen LogP contribution in [0.5, 0.6) is 0 Å². The monoisotopic (exact) mass is 232 g/mol. The summed E-state index contributed by atoms with van der Waals surface area (Å²) >= 11 is 0. The number of carbonyl (C=O) groups excluding carboxylic acids is 1. The molecule has 4 heteroatoms. The normalized spacial score (nSPS) is 10.4. The second-order valence-electron chi connectivity index (χ2n) is 3.37. The van der Waals surface area contributed by atoms with E-state index in [-0.39, 0.29) is 23.9 Å². The minimum absolute atomic E-state index is 0. The zero-order chi connectivity index (χ0) is 9.90. The van der Waals surface area contributed by atoms with E-state index in [2.05, 4.69) is 0 Å². The van der Waals surface area contributed by atoms with E-state index in [4.69, 9.17) is 0 Å². The number of benzene rings is 1. The van der Waals surface area contributed by atoms with E-state index in [1.165, 1.54) is 0 Å². The average molecular weight is 233 g/mol. The Labute approximate surface area is 91.5 Å². The highest BCUT2D eigenvalue weighted by Crippen LogP contribution is 2.04. The summed E-state index contributed by atoms with van der Waals surface area (Å²) < 4.78 is 11.3. The summed E-state index contributed by atoms with van der Waals surface area (Å²) in [7, 11) is -1.97. The molecule has 0 bridgehead atoms. The first-order chi connectivity index (χ1) is 5.99. The van der Waals surface area contributed by atoms with Crippen LogP contribution in [0.15, 0.2) is 30.3 Å². The molecular formula is C10H13ClO2S. The first-order valence-corrected chi connectivity index (χ1v) is 6.53. The van der Waals surface area contributed by atoms with Crippen molar-refractivity contribution in [3.8, 4) is 0 Å². The fourth-order valence-electron chi connectivity index (χ4n) is 1.02. The Bertz CT molecular complexity index is 342. The van der Waals surface area contributed by atoms with Gasteiger partial charge in [0.05, 0.1) is 9.93 Å². The summed E-state index contributed by atoms with van der Waals surface area (Å²) in [6, 6.07) is 8.95. The largest absolute Gasteiger partial charge is 1.00 e. The maximum atomic E-state index is 11.5. The summed E-state index contributed by atoms with van der Waals surface area (Å²) in [5.74, 6) is 0.0902. The molecule has 0 aromatic heterocycles. The average Bonchev–Trinajstić information content (AvgIpc) is 2.03. The number of ketones is 1. The summed E-state index contributed by atoms with van der Waals surface area (Å²) in [4.78, 5) is 11.5. The molecule has 2 nitrogen and oxygen atoms in total. The number of Topliss-reactive ketones (excluding diaryl/α,β-unsaturated/α-hetero) is 1. The highest BCUT2D eigenvalue weighted by atomic mass is 35.5. The fraction of sp³-hybridized carbons (Fsp3) is 0.300. The molecule has 0 unspecified atom stereocenters. The van der Waals surface area contributed by atoms with E-state index < -0.39 is 9.93 Å². The van der Waals surface area contributed by atoms with Gasteiger partial charge in [-0.05, 0) is 0 Å². The van der Waals surface area contributed by atoms with E-state index in [9.17, 15) is 9.00 Å². The molecule has 1 aromatic carbocycles. The van der Waals surface area contributed by atoms with Crippen LogP contribution in [-0.4, -0.2) is 24.0 Å². The van der Waals surface area contributed by atoms with Crippen LogP contribution in [0.4, 0.5) is 0 Å². The van der Waals surface area contributed by atoms with Crippen LogP contribution in [0.3, 0.4) is 0 Å². The maximum absolute atomic E-state index is 11.5. The number of hydrogen-bond acceptors (Lipinski definition) is 2. The van der Waals surface area contributed by atoms with Gasteiger partial charge in [0.25, 0.3) is 0 Å². The van der Waals surface area contributed by atoms with Gasteiger partial charge in [-0.25, -0.2) is 0 Å². The lowest BCUT2D eigenvalue weighted by Crippen LogP contribution is -3.00. The summed E-state index contributed by atoms with van der Waals surface area (Å²) in [5.41, 5.74) is 0.638. The zero-order valence-corrected chi connectivity index (χ0v) is 9.77. The molecular weight excluding hydrogens is 220 g/mol. The molecule has 78 valence electrons. The van der Waals surface area contributed by atoms with Gasteiger partial charge >= 0.3 is 0 Å². The van der Waals surface area contributed by atoms with Crippen molar-refractivity contribution in [1.29, 1.82) is 0 Å². The van der Waals surface area contributed by atoms with Crippen molar-refractivity contribution in [3.63, 3.8) is 0 Å². The third-order valence-electron chi connectivity index (χ3n) is 1.57. The van der Waals surface area contributed by atoms with Crippen molar-refractivity contribution in [3.05, 3.63) is 35.9 Å². The number of hydrogen-bond donors (Lipinski definition) is 0. The molecule has 0 saturated heterocycles. The molecule has 1 aromatic rings. The molecule has 0 radical (unpaired) electrons. The molecule has 0 spiro atoms. The van der Waals surface area contributed by atoms with E-state index in [1.807, 2.05) is 6.07 Å². The Hall–Kier alpha value is -0.670. The highest BCUT2D eigenvalue weighted by molar-refractivity contribution is 8.02. The summed E-state index contributed by atoms with van der Waals surface area (Å²) in [6.45, 7) is 0. The lowest BCUT2D eigenvalue weighted by atomic mass is 10.2. The van der Waals surface area contributed by atoms with Crippen molar-refractivity contribution in [2.24, 2.45) is 0 Å². The van der Waals surface area contributed by atoms with Crippen LogP contribution < -0.4 is 12.4 Å². The van der Waals surface area contributed by atoms with Gasteiger partial charge in [-0.3, -0.25) is 4.79 Å². The quantitative estimate of drug-likeness (QED) is 0.476. The molecule has 1 rings (SSSR count). The molecule has 14 heavy (non-hydrogen) atoms. The first-order valence-electron chi connectivity index (χ1n) is 3.99. The number of carbonyl (C=O) groups is 1. The van der Waals surface area contributed by atoms with Crippen LogP contribution in [-0.2, 0) is 14.1 Å². The Kier molecular flexibility index (Phi) is 5.02. The summed E-state index contributed by atoms with van der Waals surface area (Å²) in [6.07, 6.45) is 3.21. The van der Waals surface area contributed by atoms with Crippen molar-refractivity contribution in [1.82, 2.24) is 0 Å². The van der Waals surface area contributed by atoms with Crippen molar-refractivity contribution >= 4 is 15.7 Å². The predicted octanol–water partition coefficient (Wildman–Crippen LogP) is -1.37. The fourth-order valence-corrected chi connectivity index (χ4v) is 1.82. The Morgan fingerprint density at radius 3 is 2.14 bits per heavy atom. The number of halogens is 1. The molecule has 0 atom stereocenters.